The van der Waals surface area contributed by atoms with Crippen molar-refractivity contribution in [1.82, 2.24) is 25.7 Å². The van der Waals surface area contributed by atoms with Gasteiger partial charge in [0.25, 0.3) is 0 Å². The molecule has 8 heteroatoms. The molecule has 2 aromatic heterocycles. The number of halogens is 2. The highest BCUT2D eigenvalue weighted by Crippen LogP contribution is 2.32. The number of hydrogen-bond donors (Lipinski definition) is 2. The van der Waals surface area contributed by atoms with Crippen LogP contribution < -0.4 is 5.32 Å². The van der Waals surface area contributed by atoms with Crippen LogP contribution in [0.15, 0.2) is 22.9 Å². The average Bonchev–Trinajstić information content (AvgIpc) is 3.18. The number of H-pyrrole nitrogens is 1. The second kappa shape index (κ2) is 5.90. The monoisotopic (exact) mass is 337 g/mol. The van der Waals surface area contributed by atoms with Crippen LogP contribution in [-0.2, 0) is 5.41 Å². The zero-order valence-corrected chi connectivity index (χ0v) is 13.4. The summed E-state index contributed by atoms with van der Waals surface area (Å²) >= 11 is 0. The van der Waals surface area contributed by atoms with E-state index in [0.29, 0.717) is 28.2 Å². The molecule has 2 N–H and O–H groups in total. The second-order valence-electron chi connectivity index (χ2n) is 6.02. The Kier molecular flexibility index (Phi) is 4.08. The van der Waals surface area contributed by atoms with E-state index in [1.165, 1.54) is 12.3 Å². The topological polar surface area (TPSA) is 79.6 Å². The molecule has 122 valence electrons. The van der Waals surface area contributed by atoms with E-state index >= 15 is 0 Å². The van der Waals surface area contributed by atoms with Crippen molar-refractivity contribution in [3.63, 3.8) is 0 Å². The maximum absolute atomic E-state index is 13.7. The molecule has 1 aliphatic heterocycles. The number of benzene rings is 1. The van der Waals surface area contributed by atoms with Crippen LogP contribution in [0, 0.1) is 5.82 Å². The Morgan fingerprint density at radius 3 is 3.00 bits per heavy atom. The zero-order chi connectivity index (χ0) is 15.2. The number of rotatable bonds is 2. The highest BCUT2D eigenvalue weighted by Gasteiger charge is 2.34. The molecule has 3 heterocycles. The fourth-order valence-corrected chi connectivity index (χ4v) is 3.01. The third kappa shape index (κ3) is 2.60. The fourth-order valence-electron chi connectivity index (χ4n) is 3.01. The number of hydrogen-bond acceptors (Lipinski definition) is 5. The highest BCUT2D eigenvalue weighted by atomic mass is 35.5. The minimum absolute atomic E-state index is 0. The maximum atomic E-state index is 13.7. The van der Waals surface area contributed by atoms with Crippen molar-refractivity contribution in [3.8, 4) is 11.4 Å². The van der Waals surface area contributed by atoms with E-state index in [4.69, 9.17) is 4.52 Å². The molecule has 0 unspecified atom stereocenters. The Balaban J connectivity index is 0.00000156. The Hall–Kier alpha value is -1.99. The normalized spacial score (nSPS) is 21.3. The molecule has 1 fully saturated rings. The van der Waals surface area contributed by atoms with E-state index in [9.17, 15) is 4.39 Å². The fraction of sp³-hybridized carbons (Fsp3) is 0.400. The molecular weight excluding hydrogens is 321 g/mol. The standard InChI is InChI=1S/C15H16FN5O.ClH/c1-15(5-2-6-17-8-15)14-19-13(21-22-14)9-3-4-11(16)10-7-18-20-12(9)10;/h3-4,7,17H,2,5-6,8H2,1H3,(H,18,20);1H/t15-;/m1./s1. The molecule has 1 aromatic carbocycles. The van der Waals surface area contributed by atoms with Gasteiger partial charge in [0.2, 0.25) is 11.7 Å². The van der Waals surface area contributed by atoms with Crippen molar-refractivity contribution in [1.29, 1.82) is 0 Å². The van der Waals surface area contributed by atoms with Crippen LogP contribution in [0.2, 0.25) is 0 Å². The maximum Gasteiger partial charge on any atom is 0.234 e. The third-order valence-electron chi connectivity index (χ3n) is 4.34. The summed E-state index contributed by atoms with van der Waals surface area (Å²) in [5.74, 6) is 0.752. The summed E-state index contributed by atoms with van der Waals surface area (Å²) in [6.45, 7) is 3.95. The first-order valence-corrected chi connectivity index (χ1v) is 7.34. The predicted octanol–water partition coefficient (Wildman–Crippen LogP) is 2.81. The van der Waals surface area contributed by atoms with Gasteiger partial charge in [0.1, 0.15) is 5.82 Å². The lowest BCUT2D eigenvalue weighted by Crippen LogP contribution is -2.41. The molecule has 0 saturated carbocycles. The van der Waals surface area contributed by atoms with E-state index in [2.05, 4.69) is 32.6 Å². The summed E-state index contributed by atoms with van der Waals surface area (Å²) in [5, 5.41) is 14.6. The molecule has 0 bridgehead atoms. The van der Waals surface area contributed by atoms with Crippen molar-refractivity contribution >= 4 is 23.3 Å². The molecule has 6 nitrogen and oxygen atoms in total. The summed E-state index contributed by atoms with van der Waals surface area (Å²) in [5.41, 5.74) is 1.12. The van der Waals surface area contributed by atoms with Crippen LogP contribution >= 0.6 is 12.4 Å². The number of aromatic amines is 1. The van der Waals surface area contributed by atoms with Gasteiger partial charge in [0.15, 0.2) is 0 Å². The zero-order valence-electron chi connectivity index (χ0n) is 12.6. The molecule has 0 radical (unpaired) electrons. The Morgan fingerprint density at radius 2 is 2.22 bits per heavy atom. The molecule has 0 amide bonds. The van der Waals surface area contributed by atoms with Gasteiger partial charge in [-0.2, -0.15) is 10.1 Å². The van der Waals surface area contributed by atoms with Gasteiger partial charge in [0, 0.05) is 12.1 Å². The van der Waals surface area contributed by atoms with Crippen LogP contribution in [0.4, 0.5) is 4.39 Å². The summed E-state index contributed by atoms with van der Waals surface area (Å²) < 4.78 is 19.2. The van der Waals surface area contributed by atoms with Crippen LogP contribution in [0.25, 0.3) is 22.3 Å². The van der Waals surface area contributed by atoms with Gasteiger partial charge in [-0.25, -0.2) is 4.39 Å². The highest BCUT2D eigenvalue weighted by molar-refractivity contribution is 5.91. The SMILES string of the molecule is C[C@@]1(c2nc(-c3ccc(F)c4cn[nH]c34)no2)CCCNC1.Cl. The molecule has 0 spiro atoms. The van der Waals surface area contributed by atoms with Crippen LogP contribution in [-0.4, -0.2) is 33.4 Å². The number of piperidine rings is 1. The first-order chi connectivity index (χ1) is 10.7. The first-order valence-electron chi connectivity index (χ1n) is 7.34. The number of nitrogens with one attached hydrogen (secondary N) is 2. The van der Waals surface area contributed by atoms with Crippen LogP contribution in [0.3, 0.4) is 0 Å². The molecule has 0 aliphatic carbocycles. The Labute approximate surface area is 138 Å². The molecule has 3 aromatic rings. The summed E-state index contributed by atoms with van der Waals surface area (Å²) in [6.07, 6.45) is 3.54. The van der Waals surface area contributed by atoms with Gasteiger partial charge >= 0.3 is 0 Å². The van der Waals surface area contributed by atoms with Gasteiger partial charge in [-0.3, -0.25) is 5.10 Å². The van der Waals surface area contributed by atoms with Crippen LogP contribution in [0.5, 0.6) is 0 Å². The van der Waals surface area contributed by atoms with Crippen LogP contribution in [0.1, 0.15) is 25.7 Å². The van der Waals surface area contributed by atoms with E-state index in [1.807, 2.05) is 0 Å². The third-order valence-corrected chi connectivity index (χ3v) is 4.34. The minimum Gasteiger partial charge on any atom is -0.338 e. The molecular formula is C15H17ClFN5O. The quantitative estimate of drug-likeness (QED) is 0.751. The lowest BCUT2D eigenvalue weighted by atomic mass is 9.83. The Bertz CT molecular complexity index is 824. The van der Waals surface area contributed by atoms with Gasteiger partial charge < -0.3 is 9.84 Å². The van der Waals surface area contributed by atoms with Crippen molar-refractivity contribution in [2.45, 2.75) is 25.2 Å². The smallest absolute Gasteiger partial charge is 0.234 e. The van der Waals surface area contributed by atoms with Crippen molar-refractivity contribution in [2.75, 3.05) is 13.1 Å². The number of fused-ring (bicyclic) bond motifs is 1. The molecule has 4 rings (SSSR count). The summed E-state index contributed by atoms with van der Waals surface area (Å²) in [7, 11) is 0. The van der Waals surface area contributed by atoms with Crippen molar-refractivity contribution in [2.24, 2.45) is 0 Å². The number of nitrogens with zero attached hydrogens (tertiary/aromatic N) is 3. The lowest BCUT2D eigenvalue weighted by molar-refractivity contribution is 0.245. The van der Waals surface area contributed by atoms with Gasteiger partial charge in [-0.1, -0.05) is 5.16 Å². The average molecular weight is 338 g/mol. The number of aromatic nitrogens is 4. The lowest BCUT2D eigenvalue weighted by Gasteiger charge is -2.30. The van der Waals surface area contributed by atoms with Gasteiger partial charge in [-0.15, -0.1) is 12.4 Å². The van der Waals surface area contributed by atoms with E-state index < -0.39 is 0 Å². The van der Waals surface area contributed by atoms with E-state index in [-0.39, 0.29) is 23.6 Å². The Morgan fingerprint density at radius 1 is 1.35 bits per heavy atom. The first kappa shape index (κ1) is 15.9. The van der Waals surface area contributed by atoms with Gasteiger partial charge in [0.05, 0.1) is 22.5 Å². The predicted molar refractivity (Wildman–Crippen MR) is 86.0 cm³/mol. The summed E-state index contributed by atoms with van der Waals surface area (Å²) in [6, 6.07) is 3.04. The van der Waals surface area contributed by atoms with Crippen molar-refractivity contribution < 1.29 is 8.91 Å². The van der Waals surface area contributed by atoms with E-state index in [1.54, 1.807) is 6.07 Å². The minimum atomic E-state index is -0.320. The summed E-state index contributed by atoms with van der Waals surface area (Å²) in [4.78, 5) is 4.55. The molecule has 23 heavy (non-hydrogen) atoms. The van der Waals surface area contributed by atoms with Gasteiger partial charge in [-0.05, 0) is 38.4 Å². The largest absolute Gasteiger partial charge is 0.338 e. The molecule has 1 aliphatic rings. The molecule has 1 saturated heterocycles. The van der Waals surface area contributed by atoms with E-state index in [0.717, 1.165) is 25.9 Å². The van der Waals surface area contributed by atoms with Crippen molar-refractivity contribution in [3.05, 3.63) is 30.0 Å². The molecule has 1 atom stereocenters. The second-order valence-corrected chi connectivity index (χ2v) is 6.02.